The number of quaternary nitrogens is 1. The largest absolute Gasteiger partial charge is 0.462 e. The number of aromatic nitrogens is 3. The summed E-state index contributed by atoms with van der Waals surface area (Å²) < 4.78 is 8.44. The summed E-state index contributed by atoms with van der Waals surface area (Å²) in [5.41, 5.74) is 8.33. The van der Waals surface area contributed by atoms with E-state index in [1.165, 1.54) is 16.7 Å². The van der Waals surface area contributed by atoms with Crippen molar-refractivity contribution in [2.24, 2.45) is 11.8 Å². The Kier molecular flexibility index (Phi) is 9.28. The van der Waals surface area contributed by atoms with Crippen LogP contribution in [0, 0.1) is 11.8 Å². The molecule has 5 nitrogen and oxygen atoms in total. The number of pyridine rings is 1. The van der Waals surface area contributed by atoms with Crippen molar-refractivity contribution in [1.82, 2.24) is 15.0 Å². The zero-order valence-corrected chi connectivity index (χ0v) is 30.9. The van der Waals surface area contributed by atoms with Gasteiger partial charge in [-0.1, -0.05) is 145 Å². The normalized spacial score (nSPS) is 21.1. The molecule has 6 heteroatoms. The number of ether oxygens (including phenoxy) is 1. The van der Waals surface area contributed by atoms with Crippen molar-refractivity contribution in [3.8, 4) is 39.5 Å². The van der Waals surface area contributed by atoms with Gasteiger partial charge in [-0.2, -0.15) is 4.98 Å². The van der Waals surface area contributed by atoms with Crippen LogP contribution in [0.4, 0.5) is 0 Å². The van der Waals surface area contributed by atoms with Gasteiger partial charge < -0.3 is 9.22 Å². The third-order valence-electron chi connectivity index (χ3n) is 11.7. The minimum atomic E-state index is -0.360. The third kappa shape index (κ3) is 6.48. The second-order valence-corrected chi connectivity index (χ2v) is 15.2. The van der Waals surface area contributed by atoms with Crippen LogP contribution in [-0.4, -0.2) is 38.6 Å². The lowest BCUT2D eigenvalue weighted by atomic mass is 9.71. The maximum Gasteiger partial charge on any atom is 0.227 e. The van der Waals surface area contributed by atoms with E-state index in [0.717, 1.165) is 64.6 Å². The average molecular weight is 726 g/mol. The number of rotatable bonds is 10. The van der Waals surface area contributed by atoms with E-state index in [1.54, 1.807) is 0 Å². The molecular formula is C48H42ClN4O+. The second-order valence-electron chi connectivity index (χ2n) is 14.8. The fourth-order valence-electron chi connectivity index (χ4n) is 9.11. The SMILES string of the molecule is C=C[C@H]1C[N@+]2(Cc3cccc(-c4ccccc4)c3)CC[C@H]1C[C@@H]2[C@@H](Oc1nc(-c2ccccc2)nc(Cl)c1-c1ccccc1)c1ccnc2ccccc12. The molecule has 0 spiro atoms. The lowest BCUT2D eigenvalue weighted by Crippen LogP contribution is -2.68. The molecule has 10 rings (SSSR count). The van der Waals surface area contributed by atoms with Gasteiger partial charge in [0.05, 0.1) is 24.2 Å². The lowest BCUT2D eigenvalue weighted by molar-refractivity contribution is -0.984. The van der Waals surface area contributed by atoms with Crippen molar-refractivity contribution in [1.29, 1.82) is 0 Å². The molecule has 0 N–H and O–H groups in total. The fourth-order valence-corrected chi connectivity index (χ4v) is 9.38. The van der Waals surface area contributed by atoms with Gasteiger partial charge in [-0.15, -0.1) is 6.58 Å². The van der Waals surface area contributed by atoms with Gasteiger partial charge in [0.15, 0.2) is 11.9 Å². The number of halogens is 1. The van der Waals surface area contributed by atoms with Crippen LogP contribution in [0.15, 0.2) is 164 Å². The smallest absolute Gasteiger partial charge is 0.227 e. The number of hydrogen-bond donors (Lipinski definition) is 0. The van der Waals surface area contributed by atoms with Crippen molar-refractivity contribution in [2.75, 3.05) is 13.1 Å². The molecule has 5 aromatic carbocycles. The van der Waals surface area contributed by atoms with E-state index < -0.39 is 0 Å². The molecule has 3 saturated heterocycles. The van der Waals surface area contributed by atoms with Gasteiger partial charge in [-0.25, -0.2) is 4.98 Å². The van der Waals surface area contributed by atoms with Crippen LogP contribution >= 0.6 is 11.6 Å². The van der Waals surface area contributed by atoms with E-state index in [4.69, 9.17) is 31.3 Å². The van der Waals surface area contributed by atoms with Crippen LogP contribution in [0.5, 0.6) is 5.88 Å². The Labute approximate surface area is 322 Å². The van der Waals surface area contributed by atoms with Gasteiger partial charge in [-0.05, 0) is 40.8 Å². The quantitative estimate of drug-likeness (QED) is 0.0800. The van der Waals surface area contributed by atoms with Crippen molar-refractivity contribution in [3.05, 3.63) is 181 Å². The van der Waals surface area contributed by atoms with Gasteiger partial charge in [0, 0.05) is 47.0 Å². The molecule has 7 aromatic rings. The first-order valence-corrected chi connectivity index (χ1v) is 19.3. The molecule has 54 heavy (non-hydrogen) atoms. The van der Waals surface area contributed by atoms with Crippen molar-refractivity contribution < 1.29 is 9.22 Å². The molecule has 0 unspecified atom stereocenters. The van der Waals surface area contributed by atoms with E-state index in [1.807, 2.05) is 72.9 Å². The predicted octanol–water partition coefficient (Wildman–Crippen LogP) is 11.4. The molecule has 3 fully saturated rings. The molecule has 5 heterocycles. The Hall–Kier alpha value is -5.62. The molecular weight excluding hydrogens is 684 g/mol. The van der Waals surface area contributed by atoms with Gasteiger partial charge in [0.1, 0.15) is 17.7 Å². The Morgan fingerprint density at radius 3 is 2.20 bits per heavy atom. The standard InChI is InChI=1S/C48H42ClN4O/c1-2-34-32-53(31-33-15-14-22-38(29-33)35-16-6-3-7-17-35)28-26-39(34)30-43(53)45(41-25-27-50-42-24-13-12-23-40(41)42)54-48-44(36-18-8-4-9-19-36)46(49)51-47(52-48)37-20-10-5-11-21-37/h2-25,27,29,34,39,43,45H,1,26,28,30-32H2/q+1/t34-,39-,43+,45-,53+/m0/s1. The molecule has 0 saturated carbocycles. The zero-order chi connectivity index (χ0) is 36.5. The number of para-hydroxylation sites is 1. The molecule has 3 aliphatic rings. The van der Waals surface area contributed by atoms with Crippen molar-refractivity contribution in [2.45, 2.75) is 31.5 Å². The monoisotopic (exact) mass is 725 g/mol. The Balaban J connectivity index is 1.22. The molecule has 3 aliphatic heterocycles. The van der Waals surface area contributed by atoms with Gasteiger partial charge >= 0.3 is 0 Å². The van der Waals surface area contributed by atoms with E-state index in [9.17, 15) is 0 Å². The van der Waals surface area contributed by atoms with E-state index in [2.05, 4.69) is 91.5 Å². The second kappa shape index (κ2) is 14.7. The molecule has 0 aliphatic carbocycles. The minimum absolute atomic E-state index is 0.115. The fraction of sp³-hybridized carbons (Fsp3) is 0.188. The van der Waals surface area contributed by atoms with Crippen LogP contribution < -0.4 is 4.74 Å². The van der Waals surface area contributed by atoms with Crippen molar-refractivity contribution >= 4 is 22.5 Å². The van der Waals surface area contributed by atoms with E-state index >= 15 is 0 Å². The lowest BCUT2D eigenvalue weighted by Gasteiger charge is -2.58. The summed E-state index contributed by atoms with van der Waals surface area (Å²) in [7, 11) is 0. The number of hydrogen-bond acceptors (Lipinski definition) is 4. The predicted molar refractivity (Wildman–Crippen MR) is 219 cm³/mol. The highest BCUT2D eigenvalue weighted by Gasteiger charge is 2.55. The molecule has 266 valence electrons. The Morgan fingerprint density at radius 1 is 0.759 bits per heavy atom. The number of benzene rings is 5. The van der Waals surface area contributed by atoms with Gasteiger partial charge in [0.25, 0.3) is 0 Å². The third-order valence-corrected chi connectivity index (χ3v) is 12.0. The highest BCUT2D eigenvalue weighted by molar-refractivity contribution is 6.32. The summed E-state index contributed by atoms with van der Waals surface area (Å²) in [4.78, 5) is 14.8. The maximum atomic E-state index is 7.55. The minimum Gasteiger partial charge on any atom is -0.462 e. The first-order valence-electron chi connectivity index (χ1n) is 18.9. The summed E-state index contributed by atoms with van der Waals surface area (Å²) in [6.45, 7) is 7.29. The topological polar surface area (TPSA) is 47.9 Å². The van der Waals surface area contributed by atoms with E-state index in [-0.39, 0.29) is 12.1 Å². The zero-order valence-electron chi connectivity index (χ0n) is 30.1. The van der Waals surface area contributed by atoms with Crippen LogP contribution in [-0.2, 0) is 6.54 Å². The maximum absolute atomic E-state index is 7.55. The first kappa shape index (κ1) is 34.2. The molecule has 0 radical (unpaired) electrons. The summed E-state index contributed by atoms with van der Waals surface area (Å²) in [6, 6.07) is 50.5. The molecule has 2 aromatic heterocycles. The Morgan fingerprint density at radius 2 is 1.44 bits per heavy atom. The summed E-state index contributed by atoms with van der Waals surface area (Å²) in [5, 5.41) is 1.45. The van der Waals surface area contributed by atoms with Crippen LogP contribution in [0.25, 0.3) is 44.5 Å². The van der Waals surface area contributed by atoms with Crippen molar-refractivity contribution in [3.63, 3.8) is 0 Å². The number of fused-ring (bicyclic) bond motifs is 4. The summed E-state index contributed by atoms with van der Waals surface area (Å²) >= 11 is 7.17. The Bertz CT molecular complexity index is 2420. The van der Waals surface area contributed by atoms with Crippen LogP contribution in [0.3, 0.4) is 0 Å². The van der Waals surface area contributed by atoms with Crippen LogP contribution in [0.2, 0.25) is 5.15 Å². The molecule has 2 bridgehead atoms. The number of nitrogens with zero attached hydrogens (tertiary/aromatic N) is 4. The molecule has 0 amide bonds. The molecule has 5 atom stereocenters. The van der Waals surface area contributed by atoms with E-state index in [0.29, 0.717) is 34.3 Å². The summed E-state index contributed by atoms with van der Waals surface area (Å²) in [6.07, 6.45) is 5.92. The average Bonchev–Trinajstić information content (AvgIpc) is 3.23. The first-order chi connectivity index (χ1) is 26.6. The highest BCUT2D eigenvalue weighted by atomic mass is 35.5. The van der Waals surface area contributed by atoms with Crippen LogP contribution in [0.1, 0.15) is 30.1 Å². The number of piperidine rings is 3. The highest BCUT2D eigenvalue weighted by Crippen LogP contribution is 2.50. The summed E-state index contributed by atoms with van der Waals surface area (Å²) in [5.74, 6) is 1.97. The van der Waals surface area contributed by atoms with Gasteiger partial charge in [0.2, 0.25) is 5.88 Å². The van der Waals surface area contributed by atoms with Gasteiger partial charge in [-0.3, -0.25) is 4.98 Å².